The third-order valence-corrected chi connectivity index (χ3v) is 9.92. The fraction of sp³-hybridized carbons (Fsp3) is 0.500. The molecule has 2 heterocycles. The third-order valence-electron chi connectivity index (χ3n) is 8.51. The van der Waals surface area contributed by atoms with Crippen LogP contribution in [0.5, 0.6) is 5.75 Å². The van der Waals surface area contributed by atoms with Crippen molar-refractivity contribution in [2.75, 3.05) is 7.05 Å². The van der Waals surface area contributed by atoms with Gasteiger partial charge in [0.05, 0.1) is 11.8 Å². The van der Waals surface area contributed by atoms with Crippen LogP contribution in [0.25, 0.3) is 0 Å². The summed E-state index contributed by atoms with van der Waals surface area (Å²) in [6.07, 6.45) is 4.11. The standard InChI is InChI=1S/C28H30Cl2N2O5/c1-6-8-14-9-7-10-17(21(14)33)20-15-11-12-16-19(23(35)32(22(16)34)26(2,3)4)18(15)13-27(29)24(36)31(5)25(37)28(20,27)30/h6-7,9-11,16,18-20,33H,1,8,12-13H2,2-5H3/t16-,18+,19-,20+,27+,28-/m0/s1. The summed E-state index contributed by atoms with van der Waals surface area (Å²) < 4.78 is 0. The van der Waals surface area contributed by atoms with Crippen molar-refractivity contribution in [3.8, 4) is 5.75 Å². The lowest BCUT2D eigenvalue weighted by Crippen LogP contribution is -2.60. The molecule has 3 fully saturated rings. The lowest BCUT2D eigenvalue weighted by Gasteiger charge is -2.51. The van der Waals surface area contributed by atoms with Gasteiger partial charge in [0.1, 0.15) is 5.75 Å². The number of benzene rings is 1. The van der Waals surface area contributed by atoms with Crippen LogP contribution in [-0.4, -0.2) is 60.9 Å². The zero-order valence-corrected chi connectivity index (χ0v) is 22.8. The van der Waals surface area contributed by atoms with Crippen LogP contribution in [0.4, 0.5) is 0 Å². The first-order valence-electron chi connectivity index (χ1n) is 12.4. The molecule has 7 nitrogen and oxygen atoms in total. The van der Waals surface area contributed by atoms with Gasteiger partial charge in [0, 0.05) is 24.1 Å². The number of amides is 4. The molecule has 1 aromatic carbocycles. The van der Waals surface area contributed by atoms with Crippen molar-refractivity contribution in [1.82, 2.24) is 9.80 Å². The van der Waals surface area contributed by atoms with Crippen LogP contribution < -0.4 is 0 Å². The summed E-state index contributed by atoms with van der Waals surface area (Å²) in [5.74, 6) is -4.84. The van der Waals surface area contributed by atoms with Gasteiger partial charge in [-0.1, -0.05) is 35.9 Å². The van der Waals surface area contributed by atoms with E-state index in [2.05, 4.69) is 6.58 Å². The number of phenolic OH excluding ortho intramolecular Hbond substituents is 1. The third kappa shape index (κ3) is 3.19. The monoisotopic (exact) mass is 544 g/mol. The maximum absolute atomic E-state index is 13.8. The van der Waals surface area contributed by atoms with E-state index in [1.165, 1.54) is 11.9 Å². The molecule has 0 spiro atoms. The highest BCUT2D eigenvalue weighted by molar-refractivity contribution is 6.53. The Morgan fingerprint density at radius 2 is 1.78 bits per heavy atom. The van der Waals surface area contributed by atoms with Gasteiger partial charge in [0.2, 0.25) is 11.8 Å². The van der Waals surface area contributed by atoms with Crippen LogP contribution in [0.3, 0.4) is 0 Å². The van der Waals surface area contributed by atoms with Crippen LogP contribution >= 0.6 is 23.2 Å². The number of alkyl halides is 2. The maximum atomic E-state index is 13.8. The summed E-state index contributed by atoms with van der Waals surface area (Å²) in [4.78, 5) is 52.7. The Morgan fingerprint density at radius 1 is 1.11 bits per heavy atom. The molecule has 1 aromatic rings. The van der Waals surface area contributed by atoms with Crippen LogP contribution in [0.1, 0.15) is 50.7 Å². The zero-order valence-electron chi connectivity index (χ0n) is 21.3. The number of hydrogen-bond donors (Lipinski definition) is 1. The number of phenols is 1. The number of allylic oxidation sites excluding steroid dienone is 3. The Bertz CT molecular complexity index is 1300. The highest BCUT2D eigenvalue weighted by Gasteiger charge is 2.76. The van der Waals surface area contributed by atoms with Crippen LogP contribution in [0.15, 0.2) is 42.5 Å². The Morgan fingerprint density at radius 3 is 2.41 bits per heavy atom. The lowest BCUT2D eigenvalue weighted by atomic mass is 9.56. The van der Waals surface area contributed by atoms with E-state index in [-0.39, 0.29) is 30.4 Å². The minimum Gasteiger partial charge on any atom is -0.507 e. The average molecular weight is 545 g/mol. The van der Waals surface area contributed by atoms with E-state index in [1.807, 2.05) is 26.8 Å². The molecule has 37 heavy (non-hydrogen) atoms. The molecular formula is C28H30Cl2N2O5. The molecule has 0 aromatic heterocycles. The summed E-state index contributed by atoms with van der Waals surface area (Å²) in [6, 6.07) is 5.16. The van der Waals surface area contributed by atoms with Gasteiger partial charge in [-0.3, -0.25) is 29.0 Å². The second kappa shape index (κ2) is 8.18. The predicted molar refractivity (Wildman–Crippen MR) is 139 cm³/mol. The summed E-state index contributed by atoms with van der Waals surface area (Å²) in [6.45, 7) is 9.17. The quantitative estimate of drug-likeness (QED) is 0.353. The van der Waals surface area contributed by atoms with E-state index < -0.39 is 50.8 Å². The maximum Gasteiger partial charge on any atom is 0.253 e. The van der Waals surface area contributed by atoms with Crippen molar-refractivity contribution in [3.63, 3.8) is 0 Å². The van der Waals surface area contributed by atoms with E-state index in [4.69, 9.17) is 23.2 Å². The van der Waals surface area contributed by atoms with Crippen molar-refractivity contribution < 1.29 is 24.3 Å². The fourth-order valence-corrected chi connectivity index (χ4v) is 7.93. The fourth-order valence-electron chi connectivity index (χ4n) is 6.92. The largest absolute Gasteiger partial charge is 0.507 e. The SMILES string of the molecule is C=CCc1cccc([C@H]2C3=CC[C@@H]4C(=O)N(C(C)(C)C)C(=O)[C@@H]4[C@@H]3C[C@@]3(Cl)C(=O)N(C)C(=O)[C@@]23Cl)c1O. The first kappa shape index (κ1) is 26.0. The first-order chi connectivity index (χ1) is 17.2. The average Bonchev–Trinajstić information content (AvgIpc) is 3.16. The molecular weight excluding hydrogens is 515 g/mol. The van der Waals surface area contributed by atoms with Crippen LogP contribution in [0, 0.1) is 17.8 Å². The number of aromatic hydroxyl groups is 1. The molecule has 196 valence electrons. The summed E-state index contributed by atoms with van der Waals surface area (Å²) in [5, 5.41) is 11.3. The van der Waals surface area contributed by atoms with Gasteiger partial charge in [-0.25, -0.2) is 0 Å². The van der Waals surface area contributed by atoms with Crippen molar-refractivity contribution in [2.24, 2.45) is 17.8 Å². The number of para-hydroxylation sites is 1. The molecule has 2 aliphatic carbocycles. The number of nitrogens with zero attached hydrogens (tertiary/aromatic N) is 2. The molecule has 0 unspecified atom stereocenters. The highest BCUT2D eigenvalue weighted by Crippen LogP contribution is 2.66. The number of fused-ring (bicyclic) bond motifs is 4. The number of carbonyl (C=O) groups is 4. The normalized spacial score (nSPS) is 35.4. The Labute approximate surface area is 226 Å². The molecule has 4 amide bonds. The molecule has 4 aliphatic rings. The topological polar surface area (TPSA) is 95.0 Å². The van der Waals surface area contributed by atoms with Gasteiger partial charge in [-0.15, -0.1) is 29.8 Å². The van der Waals surface area contributed by atoms with Gasteiger partial charge in [-0.05, 0) is 51.5 Å². The predicted octanol–water partition coefficient (Wildman–Crippen LogP) is 3.91. The smallest absolute Gasteiger partial charge is 0.253 e. The first-order valence-corrected chi connectivity index (χ1v) is 13.2. The molecule has 2 aliphatic heterocycles. The van der Waals surface area contributed by atoms with E-state index >= 15 is 0 Å². The molecule has 0 bridgehead atoms. The van der Waals surface area contributed by atoms with Gasteiger partial charge in [0.25, 0.3) is 11.8 Å². The highest BCUT2D eigenvalue weighted by atomic mass is 35.5. The molecule has 2 saturated heterocycles. The van der Waals surface area contributed by atoms with E-state index in [1.54, 1.807) is 24.3 Å². The molecule has 5 rings (SSSR count). The Kier molecular flexibility index (Phi) is 5.74. The molecule has 6 atom stereocenters. The van der Waals surface area contributed by atoms with E-state index in [9.17, 15) is 24.3 Å². The van der Waals surface area contributed by atoms with Crippen molar-refractivity contribution in [2.45, 2.75) is 61.2 Å². The summed E-state index contributed by atoms with van der Waals surface area (Å²) in [5.41, 5.74) is 0.882. The number of imide groups is 2. The molecule has 0 radical (unpaired) electrons. The second-order valence-corrected chi connectivity index (χ2v) is 12.8. The molecule has 1 saturated carbocycles. The number of carbonyl (C=O) groups excluding carboxylic acids is 4. The zero-order chi connectivity index (χ0) is 27.2. The van der Waals surface area contributed by atoms with E-state index in [0.717, 1.165) is 4.90 Å². The number of likely N-dealkylation sites (tertiary alicyclic amines) is 2. The van der Waals surface area contributed by atoms with Crippen molar-refractivity contribution in [3.05, 3.63) is 53.6 Å². The van der Waals surface area contributed by atoms with Crippen molar-refractivity contribution >= 4 is 46.8 Å². The van der Waals surface area contributed by atoms with Crippen LogP contribution in [0.2, 0.25) is 0 Å². The van der Waals surface area contributed by atoms with Gasteiger partial charge < -0.3 is 5.11 Å². The van der Waals surface area contributed by atoms with Gasteiger partial charge in [0.15, 0.2) is 9.75 Å². The van der Waals surface area contributed by atoms with Crippen molar-refractivity contribution in [1.29, 1.82) is 0 Å². The van der Waals surface area contributed by atoms with E-state index in [0.29, 0.717) is 23.1 Å². The van der Waals surface area contributed by atoms with Gasteiger partial charge >= 0.3 is 0 Å². The van der Waals surface area contributed by atoms with Gasteiger partial charge in [-0.2, -0.15) is 0 Å². The number of halogens is 2. The minimum atomic E-state index is -1.92. The molecule has 9 heteroatoms. The lowest BCUT2D eigenvalue weighted by molar-refractivity contribution is -0.146. The second-order valence-electron chi connectivity index (χ2n) is 11.5. The molecule has 1 N–H and O–H groups in total. The Hall–Kier alpha value is -2.64. The van der Waals surface area contributed by atoms with Crippen LogP contribution in [-0.2, 0) is 25.6 Å². The summed E-state index contributed by atoms with van der Waals surface area (Å²) >= 11 is 14.3. The number of rotatable bonds is 3. The summed E-state index contributed by atoms with van der Waals surface area (Å²) in [7, 11) is 1.34. The number of hydrogen-bond acceptors (Lipinski definition) is 5. The minimum absolute atomic E-state index is 0.0601. The Balaban J connectivity index is 1.75.